The highest BCUT2D eigenvalue weighted by atomic mass is 16.5. The van der Waals surface area contributed by atoms with Gasteiger partial charge in [0.15, 0.2) is 5.82 Å². The lowest BCUT2D eigenvalue weighted by Crippen LogP contribution is -2.49. The van der Waals surface area contributed by atoms with E-state index in [1.165, 1.54) is 6.33 Å². The molecule has 0 aromatic carbocycles. The summed E-state index contributed by atoms with van der Waals surface area (Å²) in [4.78, 5) is 20.1. The molecule has 1 aromatic heterocycles. The molecule has 18 heavy (non-hydrogen) atoms. The Kier molecular flexibility index (Phi) is 3.83. The molecule has 2 rings (SSSR count). The average Bonchev–Trinajstić information content (AvgIpc) is 2.41. The molecular weight excluding hydrogens is 234 g/mol. The van der Waals surface area contributed by atoms with Crippen molar-refractivity contribution in [3.05, 3.63) is 16.7 Å². The van der Waals surface area contributed by atoms with E-state index < -0.39 is 0 Å². The topological polar surface area (TPSA) is 110 Å². The summed E-state index contributed by atoms with van der Waals surface area (Å²) in [6.07, 6.45) is 3.27. The van der Waals surface area contributed by atoms with Crippen molar-refractivity contribution < 1.29 is 4.74 Å². The van der Waals surface area contributed by atoms with Crippen LogP contribution in [-0.4, -0.2) is 42.3 Å². The third-order valence-electron chi connectivity index (χ3n) is 3.41. The maximum atomic E-state index is 11.5. The van der Waals surface area contributed by atoms with Crippen molar-refractivity contribution in [3.8, 4) is 0 Å². The van der Waals surface area contributed by atoms with E-state index in [0.29, 0.717) is 12.4 Å². The molecule has 1 aliphatic heterocycles. The van der Waals surface area contributed by atoms with E-state index in [-0.39, 0.29) is 23.4 Å². The molecule has 0 saturated carbocycles. The Balaban J connectivity index is 2.27. The summed E-state index contributed by atoms with van der Waals surface area (Å²) in [7, 11) is 1.70. The van der Waals surface area contributed by atoms with Gasteiger partial charge >= 0.3 is 0 Å². The second-order valence-electron chi connectivity index (χ2n) is 4.43. The molecule has 1 aromatic rings. The smallest absolute Gasteiger partial charge is 0.276 e. The molecule has 0 spiro atoms. The first-order valence-corrected chi connectivity index (χ1v) is 6.00. The van der Waals surface area contributed by atoms with Crippen LogP contribution in [0.3, 0.4) is 0 Å². The third kappa shape index (κ3) is 2.32. The van der Waals surface area contributed by atoms with E-state index in [9.17, 15) is 4.79 Å². The summed E-state index contributed by atoms with van der Waals surface area (Å²) in [6, 6.07) is 0.0975. The van der Waals surface area contributed by atoms with Crippen molar-refractivity contribution in [2.75, 3.05) is 30.8 Å². The minimum absolute atomic E-state index is 0.0975. The fourth-order valence-electron chi connectivity index (χ4n) is 2.36. The molecule has 0 aliphatic carbocycles. The van der Waals surface area contributed by atoms with Gasteiger partial charge in [0.25, 0.3) is 5.56 Å². The molecular formula is C11H19N5O2. The Bertz CT molecular complexity index is 461. The van der Waals surface area contributed by atoms with Crippen molar-refractivity contribution in [3.63, 3.8) is 0 Å². The second-order valence-corrected chi connectivity index (χ2v) is 4.43. The van der Waals surface area contributed by atoms with Crippen LogP contribution < -0.4 is 21.9 Å². The standard InChI is InChI=1S/C11H19N5O2/c1-18-8-2-3-16(7(4-8)5-12)10-9(13)11(17)15-6-14-10/h6-8H,2-5,12-13H2,1H3,(H,14,15,17). The maximum Gasteiger partial charge on any atom is 0.276 e. The molecule has 5 N–H and O–H groups in total. The van der Waals surface area contributed by atoms with Crippen LogP contribution in [0, 0.1) is 0 Å². The second kappa shape index (κ2) is 5.36. The molecule has 1 fully saturated rings. The number of methoxy groups -OCH3 is 1. The minimum atomic E-state index is -0.315. The summed E-state index contributed by atoms with van der Waals surface area (Å²) in [6.45, 7) is 1.22. The van der Waals surface area contributed by atoms with Gasteiger partial charge in [-0.25, -0.2) is 4.98 Å². The highest BCUT2D eigenvalue weighted by Crippen LogP contribution is 2.26. The molecule has 100 valence electrons. The van der Waals surface area contributed by atoms with Crippen LogP contribution in [-0.2, 0) is 4.74 Å². The lowest BCUT2D eigenvalue weighted by molar-refractivity contribution is 0.0708. The number of nitrogens with one attached hydrogen (secondary N) is 1. The number of hydrogen-bond acceptors (Lipinski definition) is 6. The van der Waals surface area contributed by atoms with Gasteiger partial charge in [0.05, 0.1) is 12.4 Å². The van der Waals surface area contributed by atoms with Gasteiger partial charge in [-0.05, 0) is 12.8 Å². The zero-order valence-electron chi connectivity index (χ0n) is 10.4. The zero-order valence-corrected chi connectivity index (χ0v) is 10.4. The van der Waals surface area contributed by atoms with Gasteiger partial charge in [0, 0.05) is 26.2 Å². The van der Waals surface area contributed by atoms with Crippen molar-refractivity contribution in [2.45, 2.75) is 25.0 Å². The highest BCUT2D eigenvalue weighted by Gasteiger charge is 2.29. The average molecular weight is 253 g/mol. The molecule has 7 nitrogen and oxygen atoms in total. The number of aromatic nitrogens is 2. The Morgan fingerprint density at radius 1 is 1.67 bits per heavy atom. The predicted molar refractivity (Wildman–Crippen MR) is 69.5 cm³/mol. The molecule has 1 saturated heterocycles. The van der Waals surface area contributed by atoms with Crippen molar-refractivity contribution in [2.24, 2.45) is 5.73 Å². The van der Waals surface area contributed by atoms with Crippen LogP contribution in [0.5, 0.6) is 0 Å². The van der Waals surface area contributed by atoms with Crippen molar-refractivity contribution in [1.82, 2.24) is 9.97 Å². The summed E-state index contributed by atoms with van der Waals surface area (Å²) in [5, 5.41) is 0. The molecule has 0 bridgehead atoms. The van der Waals surface area contributed by atoms with Gasteiger partial charge in [-0.2, -0.15) is 0 Å². The van der Waals surface area contributed by atoms with Gasteiger partial charge in [-0.1, -0.05) is 0 Å². The van der Waals surface area contributed by atoms with Gasteiger partial charge in [-0.15, -0.1) is 0 Å². The first-order valence-electron chi connectivity index (χ1n) is 6.00. The molecule has 2 heterocycles. The van der Waals surface area contributed by atoms with E-state index in [2.05, 4.69) is 9.97 Å². The lowest BCUT2D eigenvalue weighted by atomic mass is 9.99. The van der Waals surface area contributed by atoms with E-state index in [0.717, 1.165) is 19.4 Å². The Morgan fingerprint density at radius 2 is 2.44 bits per heavy atom. The quantitative estimate of drug-likeness (QED) is 0.656. The maximum absolute atomic E-state index is 11.5. The number of nitrogen functional groups attached to an aromatic ring is 1. The highest BCUT2D eigenvalue weighted by molar-refractivity contribution is 5.61. The summed E-state index contributed by atoms with van der Waals surface area (Å²) in [5.74, 6) is 0.517. The number of ether oxygens (including phenoxy) is 1. The summed E-state index contributed by atoms with van der Waals surface area (Å²) < 4.78 is 5.36. The fourth-order valence-corrected chi connectivity index (χ4v) is 2.36. The number of nitrogens with zero attached hydrogens (tertiary/aromatic N) is 2. The minimum Gasteiger partial charge on any atom is -0.391 e. The van der Waals surface area contributed by atoms with Crippen molar-refractivity contribution >= 4 is 11.5 Å². The summed E-state index contributed by atoms with van der Waals surface area (Å²) >= 11 is 0. The largest absolute Gasteiger partial charge is 0.391 e. The molecule has 7 heteroatoms. The number of rotatable bonds is 3. The molecule has 0 amide bonds. The monoisotopic (exact) mass is 253 g/mol. The first-order chi connectivity index (χ1) is 8.67. The van der Waals surface area contributed by atoms with Crippen LogP contribution >= 0.6 is 0 Å². The zero-order chi connectivity index (χ0) is 13.1. The van der Waals surface area contributed by atoms with Crippen LogP contribution in [0.4, 0.5) is 11.5 Å². The number of aromatic amines is 1. The van der Waals surface area contributed by atoms with Gasteiger partial charge in [0.1, 0.15) is 5.69 Å². The van der Waals surface area contributed by atoms with Crippen LogP contribution in [0.25, 0.3) is 0 Å². The number of nitrogens with two attached hydrogens (primary N) is 2. The van der Waals surface area contributed by atoms with E-state index in [4.69, 9.17) is 16.2 Å². The number of piperidine rings is 1. The normalized spacial score (nSPS) is 24.2. The van der Waals surface area contributed by atoms with Gasteiger partial charge in [-0.3, -0.25) is 4.79 Å². The third-order valence-corrected chi connectivity index (χ3v) is 3.41. The SMILES string of the molecule is COC1CCN(c2nc[nH]c(=O)c2N)C(CN)C1. The van der Waals surface area contributed by atoms with Crippen molar-refractivity contribution in [1.29, 1.82) is 0 Å². The number of H-pyrrole nitrogens is 1. The van der Waals surface area contributed by atoms with E-state index in [1.807, 2.05) is 4.90 Å². The molecule has 0 radical (unpaired) electrons. The molecule has 1 aliphatic rings. The van der Waals surface area contributed by atoms with E-state index >= 15 is 0 Å². The Labute approximate surface area is 105 Å². The Morgan fingerprint density at radius 3 is 3.11 bits per heavy atom. The summed E-state index contributed by atoms with van der Waals surface area (Å²) in [5.41, 5.74) is 11.4. The molecule has 2 unspecified atom stereocenters. The van der Waals surface area contributed by atoms with Crippen LogP contribution in [0.1, 0.15) is 12.8 Å². The van der Waals surface area contributed by atoms with Crippen LogP contribution in [0.15, 0.2) is 11.1 Å². The predicted octanol–water partition coefficient (Wildman–Crippen LogP) is -0.705. The Hall–Kier alpha value is -1.60. The fraction of sp³-hybridized carbons (Fsp3) is 0.636. The van der Waals surface area contributed by atoms with Gasteiger partial charge in [0.2, 0.25) is 0 Å². The lowest BCUT2D eigenvalue weighted by Gasteiger charge is -2.39. The van der Waals surface area contributed by atoms with E-state index in [1.54, 1.807) is 7.11 Å². The van der Waals surface area contributed by atoms with Crippen LogP contribution in [0.2, 0.25) is 0 Å². The first kappa shape index (κ1) is 12.8. The number of hydrogen-bond donors (Lipinski definition) is 3. The molecule has 2 atom stereocenters. The number of anilines is 2. The van der Waals surface area contributed by atoms with Gasteiger partial charge < -0.3 is 26.1 Å².